The summed E-state index contributed by atoms with van der Waals surface area (Å²) in [5.74, 6) is 0. The third kappa shape index (κ3) is 1.28. The van der Waals surface area contributed by atoms with E-state index in [4.69, 9.17) is 0 Å². The molecule has 0 aliphatic rings. The third-order valence-corrected chi connectivity index (χ3v) is 1.89. The van der Waals surface area contributed by atoms with Crippen LogP contribution in [0.15, 0.2) is 31.1 Å². The van der Waals surface area contributed by atoms with Gasteiger partial charge in [-0.1, -0.05) is 12.2 Å². The van der Waals surface area contributed by atoms with Crippen LogP contribution in [0, 0.1) is 0 Å². The van der Waals surface area contributed by atoms with Crippen LogP contribution >= 0.6 is 0 Å². The minimum Gasteiger partial charge on any atom is -0.235 e. The molecule has 3 nitrogen and oxygen atoms in total. The fraction of sp³-hybridized carbons (Fsp3) is 0.100. The van der Waals surface area contributed by atoms with E-state index in [1.165, 1.54) is 0 Å². The largest absolute Gasteiger partial charge is 0.235 e. The number of aromatic nitrogens is 3. The van der Waals surface area contributed by atoms with Gasteiger partial charge >= 0.3 is 0 Å². The maximum atomic E-state index is 4.11. The van der Waals surface area contributed by atoms with Crippen LogP contribution in [-0.4, -0.2) is 15.2 Å². The average molecular weight is 171 g/mol. The van der Waals surface area contributed by atoms with Gasteiger partial charge in [0, 0.05) is 11.6 Å². The summed E-state index contributed by atoms with van der Waals surface area (Å²) in [5, 5.41) is 8.70. The Bertz CT molecular complexity index is 457. The molecule has 3 heteroatoms. The van der Waals surface area contributed by atoms with Crippen molar-refractivity contribution in [3.8, 4) is 0 Å². The zero-order valence-electron chi connectivity index (χ0n) is 7.36. The number of hydrogen-bond acceptors (Lipinski definition) is 3. The minimum atomic E-state index is 0.669. The number of rotatable bonds is 1. The van der Waals surface area contributed by atoms with E-state index in [2.05, 4.69) is 21.8 Å². The van der Waals surface area contributed by atoms with Crippen LogP contribution in [0.3, 0.4) is 0 Å². The molecule has 64 valence electrons. The van der Waals surface area contributed by atoms with E-state index in [1.807, 2.05) is 19.1 Å². The fourth-order valence-corrected chi connectivity index (χ4v) is 1.27. The van der Waals surface area contributed by atoms with Crippen LogP contribution in [0.5, 0.6) is 0 Å². The quantitative estimate of drug-likeness (QED) is 0.659. The van der Waals surface area contributed by atoms with E-state index in [9.17, 15) is 0 Å². The molecule has 0 bridgehead atoms. The topological polar surface area (TPSA) is 38.7 Å². The molecule has 0 atom stereocenters. The second-order valence-corrected chi connectivity index (χ2v) is 2.91. The lowest BCUT2D eigenvalue weighted by Gasteiger charge is -2.02. The lowest BCUT2D eigenvalue weighted by atomic mass is 10.1. The molecule has 0 fully saturated rings. The Morgan fingerprint density at radius 3 is 2.92 bits per heavy atom. The van der Waals surface area contributed by atoms with Crippen LogP contribution < -0.4 is 0 Å². The van der Waals surface area contributed by atoms with Crippen molar-refractivity contribution in [1.82, 2.24) is 15.2 Å². The molecule has 2 aromatic heterocycles. The average Bonchev–Trinajstić information content (AvgIpc) is 2.17. The van der Waals surface area contributed by atoms with Gasteiger partial charge in [0.05, 0.1) is 6.20 Å². The molecule has 2 aromatic rings. The van der Waals surface area contributed by atoms with E-state index in [1.54, 1.807) is 12.4 Å². The van der Waals surface area contributed by atoms with Gasteiger partial charge in [0.15, 0.2) is 5.65 Å². The maximum Gasteiger partial charge on any atom is 0.182 e. The van der Waals surface area contributed by atoms with Gasteiger partial charge in [-0.15, -0.1) is 5.10 Å². The molecule has 0 N–H and O–H groups in total. The van der Waals surface area contributed by atoms with Gasteiger partial charge in [-0.25, -0.2) is 4.98 Å². The predicted octanol–water partition coefficient (Wildman–Crippen LogP) is 2.06. The lowest BCUT2D eigenvalue weighted by Crippen LogP contribution is -1.89. The number of fused-ring (bicyclic) bond motifs is 1. The summed E-state index contributed by atoms with van der Waals surface area (Å²) < 4.78 is 0. The first-order valence-electron chi connectivity index (χ1n) is 4.01. The zero-order chi connectivity index (χ0) is 9.26. The van der Waals surface area contributed by atoms with E-state index in [0.717, 1.165) is 16.5 Å². The summed E-state index contributed by atoms with van der Waals surface area (Å²) in [6.45, 7) is 5.87. The van der Waals surface area contributed by atoms with Gasteiger partial charge in [-0.05, 0) is 24.6 Å². The molecule has 0 amide bonds. The van der Waals surface area contributed by atoms with Crippen LogP contribution in [0.25, 0.3) is 16.6 Å². The fourth-order valence-electron chi connectivity index (χ4n) is 1.27. The number of hydrogen-bond donors (Lipinski definition) is 0. The molecule has 0 radical (unpaired) electrons. The van der Waals surface area contributed by atoms with Crippen molar-refractivity contribution in [3.63, 3.8) is 0 Å². The van der Waals surface area contributed by atoms with Gasteiger partial charge in [-0.2, -0.15) is 5.10 Å². The Hall–Kier alpha value is -1.77. The first-order valence-corrected chi connectivity index (χ1v) is 4.01. The first kappa shape index (κ1) is 7.86. The van der Waals surface area contributed by atoms with E-state index in [0.29, 0.717) is 5.65 Å². The molecule has 0 saturated heterocycles. The highest BCUT2D eigenvalue weighted by molar-refractivity contribution is 5.87. The second-order valence-electron chi connectivity index (χ2n) is 2.91. The number of nitrogens with zero attached hydrogens (tertiary/aromatic N) is 3. The van der Waals surface area contributed by atoms with E-state index in [-0.39, 0.29) is 0 Å². The van der Waals surface area contributed by atoms with Gasteiger partial charge in [0.1, 0.15) is 0 Å². The molecule has 0 aliphatic carbocycles. The first-order chi connectivity index (χ1) is 6.29. The molecule has 0 saturated carbocycles. The summed E-state index contributed by atoms with van der Waals surface area (Å²) in [6.07, 6.45) is 3.39. The molecule has 0 spiro atoms. The van der Waals surface area contributed by atoms with E-state index < -0.39 is 0 Å². The van der Waals surface area contributed by atoms with Crippen LogP contribution in [0.1, 0.15) is 12.5 Å². The molecular weight excluding hydrogens is 162 g/mol. The Morgan fingerprint density at radius 1 is 1.31 bits per heavy atom. The Balaban J connectivity index is 2.83. The summed E-state index contributed by atoms with van der Waals surface area (Å²) >= 11 is 0. The summed E-state index contributed by atoms with van der Waals surface area (Å²) in [4.78, 5) is 4.11. The highest BCUT2D eigenvalue weighted by Crippen LogP contribution is 2.19. The smallest absolute Gasteiger partial charge is 0.182 e. The SMILES string of the molecule is C=C(C)c1ccnc2nnccc12. The van der Waals surface area contributed by atoms with Gasteiger partial charge < -0.3 is 0 Å². The Morgan fingerprint density at radius 2 is 2.15 bits per heavy atom. The monoisotopic (exact) mass is 171 g/mol. The molecule has 0 aliphatic heterocycles. The summed E-state index contributed by atoms with van der Waals surface area (Å²) in [6, 6.07) is 3.84. The minimum absolute atomic E-state index is 0.669. The highest BCUT2D eigenvalue weighted by atomic mass is 15.1. The van der Waals surface area contributed by atoms with Gasteiger partial charge in [0.2, 0.25) is 0 Å². The maximum absolute atomic E-state index is 4.11. The van der Waals surface area contributed by atoms with Gasteiger partial charge in [-0.3, -0.25) is 0 Å². The van der Waals surface area contributed by atoms with E-state index >= 15 is 0 Å². The van der Waals surface area contributed by atoms with Crippen molar-refractivity contribution in [2.75, 3.05) is 0 Å². The van der Waals surface area contributed by atoms with Crippen molar-refractivity contribution in [3.05, 3.63) is 36.7 Å². The predicted molar refractivity (Wildman–Crippen MR) is 52.0 cm³/mol. The van der Waals surface area contributed by atoms with Crippen LogP contribution in [-0.2, 0) is 0 Å². The molecule has 0 unspecified atom stereocenters. The lowest BCUT2D eigenvalue weighted by molar-refractivity contribution is 1.05. The molecule has 13 heavy (non-hydrogen) atoms. The molecular formula is C10H9N3. The van der Waals surface area contributed by atoms with Gasteiger partial charge in [0.25, 0.3) is 0 Å². The molecule has 2 heterocycles. The van der Waals surface area contributed by atoms with Crippen LogP contribution in [0.4, 0.5) is 0 Å². The molecule has 0 aromatic carbocycles. The highest BCUT2D eigenvalue weighted by Gasteiger charge is 2.01. The van der Waals surface area contributed by atoms with Crippen molar-refractivity contribution in [2.24, 2.45) is 0 Å². The standard InChI is InChI=1S/C10H9N3/c1-7(2)8-3-5-11-10-9(8)4-6-12-13-10/h3-6H,1H2,2H3. The van der Waals surface area contributed by atoms with Crippen molar-refractivity contribution < 1.29 is 0 Å². The van der Waals surface area contributed by atoms with Crippen molar-refractivity contribution in [1.29, 1.82) is 0 Å². The summed E-state index contributed by atoms with van der Waals surface area (Å²) in [5.41, 5.74) is 2.77. The summed E-state index contributed by atoms with van der Waals surface area (Å²) in [7, 11) is 0. The number of pyridine rings is 1. The Labute approximate surface area is 76.1 Å². The zero-order valence-corrected chi connectivity index (χ0v) is 7.36. The van der Waals surface area contributed by atoms with Crippen molar-refractivity contribution >= 4 is 16.6 Å². The third-order valence-electron chi connectivity index (χ3n) is 1.89. The van der Waals surface area contributed by atoms with Crippen LogP contribution in [0.2, 0.25) is 0 Å². The normalized spacial score (nSPS) is 10.2. The molecule has 2 rings (SSSR count). The second kappa shape index (κ2) is 2.94. The Kier molecular flexibility index (Phi) is 1.77. The van der Waals surface area contributed by atoms with Crippen molar-refractivity contribution in [2.45, 2.75) is 6.92 Å². The number of allylic oxidation sites excluding steroid dienone is 1.